The molecule has 0 bridgehead atoms. The normalized spacial score (nSPS) is 25.9. The van der Waals surface area contributed by atoms with E-state index in [-0.39, 0.29) is 5.60 Å². The fourth-order valence-corrected chi connectivity index (χ4v) is 4.19. The average molecular weight is 301 g/mol. The van der Waals surface area contributed by atoms with Crippen molar-refractivity contribution < 1.29 is 4.74 Å². The van der Waals surface area contributed by atoms with Crippen molar-refractivity contribution in [1.82, 2.24) is 4.98 Å². The number of rotatable bonds is 4. The first-order chi connectivity index (χ1) is 10.2. The van der Waals surface area contributed by atoms with Crippen molar-refractivity contribution in [3.63, 3.8) is 0 Å². The molecule has 1 saturated carbocycles. The molecule has 0 N–H and O–H groups in total. The average Bonchev–Trinajstić information content (AvgIpc) is 3.01. The summed E-state index contributed by atoms with van der Waals surface area (Å²) in [7, 11) is 0. The van der Waals surface area contributed by atoms with E-state index < -0.39 is 0 Å². The van der Waals surface area contributed by atoms with Crippen LogP contribution in [-0.2, 0) is 10.3 Å². The summed E-state index contributed by atoms with van der Waals surface area (Å²) in [6.07, 6.45) is 4.67. The topological polar surface area (TPSA) is 22.1 Å². The highest BCUT2D eigenvalue weighted by Crippen LogP contribution is 2.44. The maximum absolute atomic E-state index is 6.20. The van der Waals surface area contributed by atoms with Crippen molar-refractivity contribution >= 4 is 11.3 Å². The molecule has 0 aliphatic heterocycles. The Balaban J connectivity index is 1.89. The molecule has 0 radical (unpaired) electrons. The van der Waals surface area contributed by atoms with Crippen LogP contribution in [0, 0.1) is 5.92 Å². The second kappa shape index (κ2) is 6.29. The van der Waals surface area contributed by atoms with E-state index in [4.69, 9.17) is 9.72 Å². The Morgan fingerprint density at radius 2 is 1.95 bits per heavy atom. The third-order valence-corrected chi connectivity index (χ3v) is 5.49. The molecule has 112 valence electrons. The van der Waals surface area contributed by atoms with E-state index in [0.29, 0.717) is 0 Å². The van der Waals surface area contributed by atoms with Gasteiger partial charge in [-0.05, 0) is 38.5 Å². The first-order valence-electron chi connectivity index (χ1n) is 7.89. The van der Waals surface area contributed by atoms with Gasteiger partial charge >= 0.3 is 0 Å². The van der Waals surface area contributed by atoms with Gasteiger partial charge in [-0.3, -0.25) is 0 Å². The van der Waals surface area contributed by atoms with Crippen molar-refractivity contribution in [3.8, 4) is 11.3 Å². The lowest BCUT2D eigenvalue weighted by Crippen LogP contribution is -2.34. The summed E-state index contributed by atoms with van der Waals surface area (Å²) in [5.74, 6) is 0.812. The van der Waals surface area contributed by atoms with Crippen molar-refractivity contribution in [2.75, 3.05) is 6.61 Å². The highest BCUT2D eigenvalue weighted by atomic mass is 32.1. The summed E-state index contributed by atoms with van der Waals surface area (Å²) in [4.78, 5) is 4.91. The standard InChI is InChI=1S/C18H23NOS/c1-3-20-18(11-9-14(2)10-12-18)17-19-16(13-21-17)15-7-5-4-6-8-15/h4-8,13-14H,3,9-12H2,1-2H3. The lowest BCUT2D eigenvalue weighted by molar-refractivity contribution is -0.0775. The molecule has 0 amide bonds. The highest BCUT2D eigenvalue weighted by Gasteiger charge is 2.39. The minimum absolute atomic E-state index is 0.140. The molecule has 3 heteroatoms. The van der Waals surface area contributed by atoms with Crippen molar-refractivity contribution in [3.05, 3.63) is 40.7 Å². The van der Waals surface area contributed by atoms with E-state index in [1.807, 2.05) is 6.07 Å². The second-order valence-corrected chi connectivity index (χ2v) is 6.87. The Labute approximate surface area is 131 Å². The van der Waals surface area contributed by atoms with Crippen LogP contribution in [-0.4, -0.2) is 11.6 Å². The molecule has 1 aromatic heterocycles. The molecule has 1 fully saturated rings. The number of thiazole rings is 1. The maximum Gasteiger partial charge on any atom is 0.125 e. The van der Waals surface area contributed by atoms with Crippen LogP contribution < -0.4 is 0 Å². The summed E-state index contributed by atoms with van der Waals surface area (Å²) in [5.41, 5.74) is 2.13. The zero-order chi connectivity index (χ0) is 14.7. The molecule has 1 heterocycles. The molecule has 0 saturated heterocycles. The van der Waals surface area contributed by atoms with E-state index >= 15 is 0 Å². The largest absolute Gasteiger partial charge is 0.368 e. The Bertz CT molecular complexity index is 570. The number of hydrogen-bond donors (Lipinski definition) is 0. The van der Waals surface area contributed by atoms with Gasteiger partial charge in [0.05, 0.1) is 5.69 Å². The summed E-state index contributed by atoms with van der Waals surface area (Å²) in [6.45, 7) is 5.19. The molecule has 0 atom stereocenters. The van der Waals surface area contributed by atoms with Crippen molar-refractivity contribution in [2.24, 2.45) is 5.92 Å². The van der Waals surface area contributed by atoms with Gasteiger partial charge in [-0.2, -0.15) is 0 Å². The van der Waals surface area contributed by atoms with Crippen LogP contribution in [0.4, 0.5) is 0 Å². The number of benzene rings is 1. The quantitative estimate of drug-likeness (QED) is 0.769. The van der Waals surface area contributed by atoms with E-state index in [2.05, 4.69) is 43.5 Å². The molecule has 21 heavy (non-hydrogen) atoms. The molecule has 0 unspecified atom stereocenters. The molecular formula is C18H23NOS. The number of hydrogen-bond acceptors (Lipinski definition) is 3. The fraction of sp³-hybridized carbons (Fsp3) is 0.500. The SMILES string of the molecule is CCOC1(c2nc(-c3ccccc3)cs2)CCC(C)CC1. The van der Waals surface area contributed by atoms with Crippen LogP contribution in [0.25, 0.3) is 11.3 Å². The third kappa shape index (κ3) is 3.04. The van der Waals surface area contributed by atoms with Gasteiger partial charge in [-0.1, -0.05) is 37.3 Å². The molecule has 2 aromatic rings. The van der Waals surface area contributed by atoms with Gasteiger partial charge in [0.15, 0.2) is 0 Å². The summed E-state index contributed by atoms with van der Waals surface area (Å²) < 4.78 is 6.20. The molecule has 1 aliphatic rings. The maximum atomic E-state index is 6.20. The van der Waals surface area contributed by atoms with Crippen LogP contribution >= 0.6 is 11.3 Å². The molecule has 1 aromatic carbocycles. The second-order valence-electron chi connectivity index (χ2n) is 6.01. The number of nitrogens with zero attached hydrogens (tertiary/aromatic N) is 1. The summed E-state index contributed by atoms with van der Waals surface area (Å²) in [6, 6.07) is 10.4. The van der Waals surface area contributed by atoms with Crippen LogP contribution in [0.3, 0.4) is 0 Å². The van der Waals surface area contributed by atoms with Crippen LogP contribution in [0.15, 0.2) is 35.7 Å². The van der Waals surface area contributed by atoms with Crippen LogP contribution in [0.5, 0.6) is 0 Å². The zero-order valence-electron chi connectivity index (χ0n) is 12.8. The predicted molar refractivity (Wildman–Crippen MR) is 88.5 cm³/mol. The number of aromatic nitrogens is 1. The van der Waals surface area contributed by atoms with Gasteiger partial charge in [0, 0.05) is 17.6 Å². The van der Waals surface area contributed by atoms with Gasteiger partial charge in [0.1, 0.15) is 10.6 Å². The molecule has 0 spiro atoms. The lowest BCUT2D eigenvalue weighted by atomic mass is 9.79. The Hall–Kier alpha value is -1.19. The Morgan fingerprint density at radius 1 is 1.24 bits per heavy atom. The van der Waals surface area contributed by atoms with E-state index in [1.165, 1.54) is 18.4 Å². The highest BCUT2D eigenvalue weighted by molar-refractivity contribution is 7.10. The van der Waals surface area contributed by atoms with Gasteiger partial charge in [0.2, 0.25) is 0 Å². The first kappa shape index (κ1) is 14.7. The minimum Gasteiger partial charge on any atom is -0.368 e. The van der Waals surface area contributed by atoms with Gasteiger partial charge in [0.25, 0.3) is 0 Å². The monoisotopic (exact) mass is 301 g/mol. The van der Waals surface area contributed by atoms with Crippen LogP contribution in [0.2, 0.25) is 0 Å². The lowest BCUT2D eigenvalue weighted by Gasteiger charge is -2.37. The van der Waals surface area contributed by atoms with Gasteiger partial charge in [-0.25, -0.2) is 4.98 Å². The minimum atomic E-state index is -0.140. The Morgan fingerprint density at radius 3 is 2.62 bits per heavy atom. The molecule has 2 nitrogen and oxygen atoms in total. The van der Waals surface area contributed by atoms with Crippen molar-refractivity contribution in [1.29, 1.82) is 0 Å². The van der Waals surface area contributed by atoms with Gasteiger partial charge < -0.3 is 4.74 Å². The third-order valence-electron chi connectivity index (χ3n) is 4.47. The molecule has 3 rings (SSSR count). The predicted octanol–water partition coefficient (Wildman–Crippen LogP) is 5.25. The van der Waals surface area contributed by atoms with E-state index in [9.17, 15) is 0 Å². The summed E-state index contributed by atoms with van der Waals surface area (Å²) >= 11 is 1.75. The number of ether oxygens (including phenoxy) is 1. The van der Waals surface area contributed by atoms with E-state index in [1.54, 1.807) is 11.3 Å². The Kier molecular flexibility index (Phi) is 4.41. The van der Waals surface area contributed by atoms with Gasteiger partial charge in [-0.15, -0.1) is 11.3 Å². The van der Waals surface area contributed by atoms with Crippen molar-refractivity contribution in [2.45, 2.75) is 45.1 Å². The molecular weight excluding hydrogens is 278 g/mol. The molecule has 1 aliphatic carbocycles. The zero-order valence-corrected chi connectivity index (χ0v) is 13.7. The first-order valence-corrected chi connectivity index (χ1v) is 8.77. The van der Waals surface area contributed by atoms with Crippen LogP contribution in [0.1, 0.15) is 44.5 Å². The smallest absolute Gasteiger partial charge is 0.125 e. The van der Waals surface area contributed by atoms with E-state index in [0.717, 1.165) is 36.1 Å². The summed E-state index contributed by atoms with van der Waals surface area (Å²) in [5, 5.41) is 3.33. The fourth-order valence-electron chi connectivity index (χ4n) is 3.15.